The Morgan fingerprint density at radius 3 is 2.31 bits per heavy atom. The van der Waals surface area contributed by atoms with Crippen molar-refractivity contribution in [3.05, 3.63) is 0 Å². The van der Waals surface area contributed by atoms with Crippen LogP contribution in [0, 0.1) is 0 Å². The molecule has 0 aliphatic heterocycles. The van der Waals surface area contributed by atoms with Gasteiger partial charge in [-0.25, -0.2) is 0 Å². The molecule has 0 atom stereocenters. The smallest absolute Gasteiger partial charge is 0.00922 e. The molecule has 0 spiro atoms. The molecule has 0 bridgehead atoms. The summed E-state index contributed by atoms with van der Waals surface area (Å²) < 4.78 is 0. The zero-order valence-electron chi connectivity index (χ0n) is 9.09. The van der Waals surface area contributed by atoms with Gasteiger partial charge in [-0.15, -0.1) is 12.4 Å². The topological polar surface area (TPSA) is 3.24 Å². The Labute approximate surface area is 89.3 Å². The molecular formula is C11H24ClN. The summed E-state index contributed by atoms with van der Waals surface area (Å²) in [5.41, 5.74) is 0. The van der Waals surface area contributed by atoms with Gasteiger partial charge >= 0.3 is 0 Å². The maximum Gasteiger partial charge on any atom is 0.00922 e. The molecule has 0 heterocycles. The first-order chi connectivity index (χ1) is 5.84. The van der Waals surface area contributed by atoms with E-state index in [-0.39, 0.29) is 12.4 Å². The third-order valence-corrected chi connectivity index (χ3v) is 3.06. The monoisotopic (exact) mass is 205 g/mol. The molecule has 1 aliphatic rings. The van der Waals surface area contributed by atoms with E-state index in [4.69, 9.17) is 0 Å². The van der Waals surface area contributed by atoms with E-state index in [1.54, 1.807) is 0 Å². The summed E-state index contributed by atoms with van der Waals surface area (Å²) in [5.74, 6) is 0. The van der Waals surface area contributed by atoms with Crippen LogP contribution in [0.25, 0.3) is 0 Å². The first kappa shape index (κ1) is 13.2. The normalized spacial score (nSPS) is 18.7. The Hall–Kier alpha value is 0.250. The molecule has 0 amide bonds. The summed E-state index contributed by atoms with van der Waals surface area (Å²) in [4.78, 5) is 2.57. The fourth-order valence-electron chi connectivity index (χ4n) is 2.11. The SMILES string of the molecule is CCCCN(C)C1CCCCC1.Cl. The summed E-state index contributed by atoms with van der Waals surface area (Å²) in [7, 11) is 2.30. The minimum Gasteiger partial charge on any atom is -0.303 e. The molecule has 0 unspecified atom stereocenters. The van der Waals surface area contributed by atoms with E-state index >= 15 is 0 Å². The van der Waals surface area contributed by atoms with Crippen LogP contribution < -0.4 is 0 Å². The minimum absolute atomic E-state index is 0. The van der Waals surface area contributed by atoms with Crippen LogP contribution >= 0.6 is 12.4 Å². The molecule has 1 aliphatic carbocycles. The number of rotatable bonds is 4. The van der Waals surface area contributed by atoms with Gasteiger partial charge in [0.05, 0.1) is 0 Å². The average molecular weight is 206 g/mol. The predicted molar refractivity (Wildman–Crippen MR) is 61.7 cm³/mol. The van der Waals surface area contributed by atoms with Gasteiger partial charge < -0.3 is 4.90 Å². The van der Waals surface area contributed by atoms with Crippen molar-refractivity contribution < 1.29 is 0 Å². The third-order valence-electron chi connectivity index (χ3n) is 3.06. The molecule has 0 radical (unpaired) electrons. The zero-order valence-corrected chi connectivity index (χ0v) is 9.91. The van der Waals surface area contributed by atoms with Crippen molar-refractivity contribution in [2.24, 2.45) is 0 Å². The van der Waals surface area contributed by atoms with Crippen molar-refractivity contribution in [3.8, 4) is 0 Å². The van der Waals surface area contributed by atoms with Gasteiger partial charge in [0.25, 0.3) is 0 Å². The van der Waals surface area contributed by atoms with Crippen molar-refractivity contribution in [2.45, 2.75) is 57.9 Å². The molecule has 13 heavy (non-hydrogen) atoms. The van der Waals surface area contributed by atoms with Crippen molar-refractivity contribution in [1.29, 1.82) is 0 Å². The van der Waals surface area contributed by atoms with E-state index in [0.717, 1.165) is 6.04 Å². The Kier molecular flexibility index (Phi) is 7.78. The quantitative estimate of drug-likeness (QED) is 0.680. The highest BCUT2D eigenvalue weighted by molar-refractivity contribution is 5.85. The van der Waals surface area contributed by atoms with Gasteiger partial charge in [-0.2, -0.15) is 0 Å². The fraction of sp³-hybridized carbons (Fsp3) is 1.00. The van der Waals surface area contributed by atoms with Crippen LogP contribution in [0.1, 0.15) is 51.9 Å². The summed E-state index contributed by atoms with van der Waals surface area (Å²) in [5, 5.41) is 0. The van der Waals surface area contributed by atoms with Crippen molar-refractivity contribution in [1.82, 2.24) is 4.90 Å². The van der Waals surface area contributed by atoms with Crippen LogP contribution in [0.4, 0.5) is 0 Å². The maximum absolute atomic E-state index is 2.57. The van der Waals surface area contributed by atoms with Gasteiger partial charge in [-0.05, 0) is 32.9 Å². The number of unbranched alkanes of at least 4 members (excludes halogenated alkanes) is 1. The second-order valence-electron chi connectivity index (χ2n) is 4.13. The zero-order chi connectivity index (χ0) is 8.81. The van der Waals surface area contributed by atoms with Gasteiger partial charge in [0.15, 0.2) is 0 Å². The van der Waals surface area contributed by atoms with Crippen LogP contribution in [-0.4, -0.2) is 24.5 Å². The van der Waals surface area contributed by atoms with Crippen LogP contribution in [0.2, 0.25) is 0 Å². The standard InChI is InChI=1S/C11H23N.ClH/c1-3-4-10-12(2)11-8-6-5-7-9-11;/h11H,3-10H2,1-2H3;1H. The predicted octanol–water partition coefficient (Wildman–Crippen LogP) is 3.47. The van der Waals surface area contributed by atoms with Crippen LogP contribution in [0.15, 0.2) is 0 Å². The molecule has 1 rings (SSSR count). The Morgan fingerprint density at radius 2 is 1.77 bits per heavy atom. The number of halogens is 1. The Bertz CT molecular complexity index is 111. The molecule has 1 saturated carbocycles. The van der Waals surface area contributed by atoms with E-state index < -0.39 is 0 Å². The highest BCUT2D eigenvalue weighted by Crippen LogP contribution is 2.21. The largest absolute Gasteiger partial charge is 0.303 e. The van der Waals surface area contributed by atoms with Gasteiger partial charge in [0, 0.05) is 6.04 Å². The van der Waals surface area contributed by atoms with Crippen molar-refractivity contribution in [2.75, 3.05) is 13.6 Å². The minimum atomic E-state index is 0. The lowest BCUT2D eigenvalue weighted by atomic mass is 9.94. The van der Waals surface area contributed by atoms with E-state index in [1.165, 1.54) is 51.5 Å². The van der Waals surface area contributed by atoms with Crippen LogP contribution in [0.5, 0.6) is 0 Å². The molecule has 0 aromatic carbocycles. The molecule has 1 nitrogen and oxygen atoms in total. The van der Waals surface area contributed by atoms with E-state index in [1.807, 2.05) is 0 Å². The molecule has 0 N–H and O–H groups in total. The van der Waals surface area contributed by atoms with Crippen molar-refractivity contribution >= 4 is 12.4 Å². The van der Waals surface area contributed by atoms with Crippen LogP contribution in [-0.2, 0) is 0 Å². The summed E-state index contributed by atoms with van der Waals surface area (Å²) in [6.07, 6.45) is 9.98. The van der Waals surface area contributed by atoms with Gasteiger partial charge in [-0.1, -0.05) is 32.6 Å². The number of nitrogens with zero attached hydrogens (tertiary/aromatic N) is 1. The lowest BCUT2D eigenvalue weighted by molar-refractivity contribution is 0.189. The van der Waals surface area contributed by atoms with Gasteiger partial charge in [-0.3, -0.25) is 0 Å². The molecule has 0 saturated heterocycles. The Morgan fingerprint density at radius 1 is 1.15 bits per heavy atom. The molecular weight excluding hydrogens is 182 g/mol. The van der Waals surface area contributed by atoms with Crippen LogP contribution in [0.3, 0.4) is 0 Å². The molecule has 0 aromatic rings. The molecule has 0 aromatic heterocycles. The van der Waals surface area contributed by atoms with Crippen molar-refractivity contribution in [3.63, 3.8) is 0 Å². The highest BCUT2D eigenvalue weighted by atomic mass is 35.5. The lowest BCUT2D eigenvalue weighted by Crippen LogP contribution is -2.33. The first-order valence-corrected chi connectivity index (χ1v) is 5.55. The third kappa shape index (κ3) is 4.87. The fourth-order valence-corrected chi connectivity index (χ4v) is 2.11. The van der Waals surface area contributed by atoms with E-state index in [9.17, 15) is 0 Å². The summed E-state index contributed by atoms with van der Waals surface area (Å²) >= 11 is 0. The number of hydrogen-bond donors (Lipinski definition) is 0. The summed E-state index contributed by atoms with van der Waals surface area (Å²) in [6.45, 7) is 3.58. The second-order valence-corrected chi connectivity index (χ2v) is 4.13. The first-order valence-electron chi connectivity index (χ1n) is 5.55. The molecule has 2 heteroatoms. The maximum atomic E-state index is 2.57. The number of hydrogen-bond acceptors (Lipinski definition) is 1. The average Bonchev–Trinajstić information content (AvgIpc) is 2.15. The highest BCUT2D eigenvalue weighted by Gasteiger charge is 2.16. The van der Waals surface area contributed by atoms with Gasteiger partial charge in [0.2, 0.25) is 0 Å². The van der Waals surface area contributed by atoms with E-state index in [0.29, 0.717) is 0 Å². The lowest BCUT2D eigenvalue weighted by Gasteiger charge is -2.31. The molecule has 1 fully saturated rings. The summed E-state index contributed by atoms with van der Waals surface area (Å²) in [6, 6.07) is 0.908. The van der Waals surface area contributed by atoms with E-state index in [2.05, 4.69) is 18.9 Å². The second kappa shape index (κ2) is 7.64. The molecule has 80 valence electrons. The van der Waals surface area contributed by atoms with Gasteiger partial charge in [0.1, 0.15) is 0 Å². The Balaban J connectivity index is 0.00000144.